The lowest BCUT2D eigenvalue weighted by atomic mass is 9.75. The number of aliphatic hydroxyl groups excluding tert-OH is 1. The van der Waals surface area contributed by atoms with Gasteiger partial charge >= 0.3 is 6.18 Å². The number of carbonyl (C=O) groups excluding carboxylic acids is 1. The number of aromatic nitrogens is 3. The van der Waals surface area contributed by atoms with E-state index in [0.29, 0.717) is 57.2 Å². The normalized spacial score (nSPS) is 21.2. The fourth-order valence-electron chi connectivity index (χ4n) is 6.22. The van der Waals surface area contributed by atoms with Crippen LogP contribution in [0.25, 0.3) is 22.4 Å². The number of pyridine rings is 3. The molecule has 3 aliphatic heterocycles. The van der Waals surface area contributed by atoms with Crippen LogP contribution in [0, 0.1) is 0 Å². The molecule has 3 N–H and O–H groups in total. The molecular formula is C33H31F3N6O3S. The Kier molecular flexibility index (Phi) is 8.17. The predicted octanol–water partition coefficient (Wildman–Crippen LogP) is 5.78. The number of nitrogens with one attached hydrogen (secondary N) is 2. The highest BCUT2D eigenvalue weighted by molar-refractivity contribution is 7.97. The van der Waals surface area contributed by atoms with Gasteiger partial charge in [0, 0.05) is 66.5 Å². The number of aliphatic hydroxyl groups is 1. The van der Waals surface area contributed by atoms with E-state index in [9.17, 15) is 23.1 Å². The molecule has 0 radical (unpaired) electrons. The number of benzene rings is 1. The van der Waals surface area contributed by atoms with Crippen LogP contribution in [0.5, 0.6) is 0 Å². The van der Waals surface area contributed by atoms with Crippen LogP contribution in [0.4, 0.5) is 24.8 Å². The highest BCUT2D eigenvalue weighted by Gasteiger charge is 2.48. The summed E-state index contributed by atoms with van der Waals surface area (Å²) in [6.45, 7) is 2.17. The zero-order valence-electron chi connectivity index (χ0n) is 24.6. The number of piperidine rings is 1. The maximum atomic E-state index is 12.8. The van der Waals surface area contributed by atoms with Crippen molar-refractivity contribution in [2.45, 2.75) is 47.9 Å². The molecule has 1 aromatic carbocycles. The number of carbonyl (C=O) groups is 1. The Labute approximate surface area is 267 Å². The molecular weight excluding hydrogens is 617 g/mol. The molecule has 0 aliphatic carbocycles. The van der Waals surface area contributed by atoms with E-state index in [2.05, 4.69) is 24.9 Å². The van der Waals surface area contributed by atoms with Crippen molar-refractivity contribution in [3.8, 4) is 22.4 Å². The SMILES string of the molecule is O=C1Nc2ncc(-c3ccc(-c4ccc(SN5CCC(Nc6ccc(C(F)(F)F)cn6)C(O)C5)cc4)cn3)cc2C12CCOCC2. The van der Waals surface area contributed by atoms with Crippen LogP contribution in [0.1, 0.15) is 30.4 Å². The number of amides is 1. The van der Waals surface area contributed by atoms with Crippen LogP contribution in [0.3, 0.4) is 0 Å². The second kappa shape index (κ2) is 12.3. The van der Waals surface area contributed by atoms with Crippen LogP contribution in [-0.4, -0.2) is 68.7 Å². The first-order valence-electron chi connectivity index (χ1n) is 15.1. The molecule has 238 valence electrons. The minimum absolute atomic E-state index is 0.00715. The molecule has 1 spiro atoms. The van der Waals surface area contributed by atoms with Crippen LogP contribution < -0.4 is 10.6 Å². The molecule has 7 rings (SSSR count). The maximum absolute atomic E-state index is 12.8. The van der Waals surface area contributed by atoms with E-state index in [1.807, 2.05) is 48.7 Å². The molecule has 2 fully saturated rings. The van der Waals surface area contributed by atoms with Gasteiger partial charge in [-0.25, -0.2) is 14.3 Å². The number of rotatable bonds is 6. The number of ether oxygens (including phenoxy) is 1. The third kappa shape index (κ3) is 6.07. The average molecular weight is 649 g/mol. The van der Waals surface area contributed by atoms with Gasteiger partial charge in [0.1, 0.15) is 11.6 Å². The Balaban J connectivity index is 0.959. The molecule has 0 saturated carbocycles. The third-order valence-electron chi connectivity index (χ3n) is 8.87. The Morgan fingerprint density at radius 3 is 2.39 bits per heavy atom. The van der Waals surface area contributed by atoms with E-state index < -0.39 is 23.3 Å². The fourth-order valence-corrected chi connectivity index (χ4v) is 7.20. The summed E-state index contributed by atoms with van der Waals surface area (Å²) in [5.41, 5.74) is 3.13. The summed E-state index contributed by atoms with van der Waals surface area (Å²) < 4.78 is 46.0. The molecule has 3 aliphatic rings. The number of fused-ring (bicyclic) bond motifs is 2. The van der Waals surface area contributed by atoms with Crippen molar-refractivity contribution >= 4 is 29.5 Å². The molecule has 0 bridgehead atoms. The summed E-state index contributed by atoms with van der Waals surface area (Å²) in [6.07, 6.45) is 1.10. The molecule has 1 amide bonds. The summed E-state index contributed by atoms with van der Waals surface area (Å²) in [5.74, 6) is 0.917. The van der Waals surface area contributed by atoms with E-state index in [1.54, 1.807) is 18.1 Å². The second-order valence-electron chi connectivity index (χ2n) is 11.7. The van der Waals surface area contributed by atoms with Crippen LogP contribution >= 0.6 is 11.9 Å². The fraction of sp³-hybridized carbons (Fsp3) is 0.333. The number of halogens is 3. The van der Waals surface area contributed by atoms with E-state index >= 15 is 0 Å². The lowest BCUT2D eigenvalue weighted by Crippen LogP contribution is -2.47. The van der Waals surface area contributed by atoms with Gasteiger partial charge in [-0.15, -0.1) is 0 Å². The first-order chi connectivity index (χ1) is 22.2. The standard InChI is InChI=1S/C33H31F3N6O3S/c34-33(35,36)23-4-8-29(38-18-23)40-27-9-12-42(19-28(27)43)46-24-5-1-20(2-6-24)21-3-7-26(37-16-21)22-15-25-30(39-17-22)41-31(44)32(25)10-13-45-14-11-32/h1-8,15-18,27-28,43H,9-14,19H2,(H,38,40)(H,39,41,44). The number of alkyl halides is 3. The minimum atomic E-state index is -4.44. The van der Waals surface area contributed by atoms with Crippen molar-refractivity contribution in [2.75, 3.05) is 36.9 Å². The largest absolute Gasteiger partial charge is 0.417 e. The number of hydrogen-bond acceptors (Lipinski definition) is 9. The Hall–Kier alpha value is -4.04. The summed E-state index contributed by atoms with van der Waals surface area (Å²) in [6, 6.07) is 16.1. The molecule has 13 heteroatoms. The minimum Gasteiger partial charge on any atom is -0.390 e. The molecule has 6 heterocycles. The first kappa shape index (κ1) is 30.6. The lowest BCUT2D eigenvalue weighted by Gasteiger charge is -2.35. The van der Waals surface area contributed by atoms with Crippen molar-refractivity contribution in [1.29, 1.82) is 0 Å². The maximum Gasteiger partial charge on any atom is 0.417 e. The third-order valence-corrected chi connectivity index (χ3v) is 9.94. The van der Waals surface area contributed by atoms with Crippen molar-refractivity contribution < 1.29 is 27.8 Å². The van der Waals surface area contributed by atoms with Crippen LogP contribution in [-0.2, 0) is 21.1 Å². The van der Waals surface area contributed by atoms with Gasteiger partial charge in [0.2, 0.25) is 5.91 Å². The van der Waals surface area contributed by atoms with Crippen molar-refractivity contribution in [2.24, 2.45) is 0 Å². The summed E-state index contributed by atoms with van der Waals surface area (Å²) in [5, 5.41) is 16.7. The van der Waals surface area contributed by atoms with Gasteiger partial charge in [-0.05, 0) is 73.2 Å². The van der Waals surface area contributed by atoms with E-state index in [1.165, 1.54) is 6.07 Å². The van der Waals surface area contributed by atoms with E-state index in [-0.39, 0.29) is 11.9 Å². The molecule has 46 heavy (non-hydrogen) atoms. The van der Waals surface area contributed by atoms with Crippen molar-refractivity contribution in [1.82, 2.24) is 19.3 Å². The van der Waals surface area contributed by atoms with Gasteiger partial charge in [-0.3, -0.25) is 9.78 Å². The predicted molar refractivity (Wildman–Crippen MR) is 168 cm³/mol. The Bertz CT molecular complexity index is 1720. The first-order valence-corrected chi connectivity index (χ1v) is 15.8. The number of hydrogen-bond donors (Lipinski definition) is 3. The summed E-state index contributed by atoms with van der Waals surface area (Å²) in [4.78, 5) is 27.0. The van der Waals surface area contributed by atoms with Crippen LogP contribution in [0.2, 0.25) is 0 Å². The monoisotopic (exact) mass is 648 g/mol. The average Bonchev–Trinajstić information content (AvgIpc) is 3.32. The number of β-amino-alcohol motifs (C(OH)–C–C–N with tert-alkyl or cyclic N) is 1. The smallest absolute Gasteiger partial charge is 0.390 e. The Morgan fingerprint density at radius 2 is 1.72 bits per heavy atom. The topological polar surface area (TPSA) is 113 Å². The number of anilines is 2. The van der Waals surface area contributed by atoms with E-state index in [0.717, 1.165) is 45.1 Å². The summed E-state index contributed by atoms with van der Waals surface area (Å²) >= 11 is 1.55. The highest BCUT2D eigenvalue weighted by atomic mass is 32.2. The summed E-state index contributed by atoms with van der Waals surface area (Å²) in [7, 11) is 0. The highest BCUT2D eigenvalue weighted by Crippen LogP contribution is 2.45. The second-order valence-corrected chi connectivity index (χ2v) is 12.9. The lowest BCUT2D eigenvalue weighted by molar-refractivity contribution is -0.137. The van der Waals surface area contributed by atoms with Gasteiger partial charge < -0.3 is 20.5 Å². The van der Waals surface area contributed by atoms with Crippen molar-refractivity contribution in [3.63, 3.8) is 0 Å². The van der Waals surface area contributed by atoms with Gasteiger partial charge in [-0.1, -0.05) is 18.2 Å². The van der Waals surface area contributed by atoms with Gasteiger partial charge in [0.25, 0.3) is 0 Å². The number of nitrogens with zero attached hydrogens (tertiary/aromatic N) is 4. The zero-order valence-corrected chi connectivity index (χ0v) is 25.4. The van der Waals surface area contributed by atoms with Gasteiger partial charge in [0.15, 0.2) is 0 Å². The molecule has 4 aromatic rings. The molecule has 2 atom stereocenters. The van der Waals surface area contributed by atoms with Gasteiger partial charge in [0.05, 0.1) is 28.8 Å². The van der Waals surface area contributed by atoms with E-state index in [4.69, 9.17) is 9.72 Å². The Morgan fingerprint density at radius 1 is 0.957 bits per heavy atom. The molecule has 2 saturated heterocycles. The van der Waals surface area contributed by atoms with Crippen molar-refractivity contribution in [3.05, 3.63) is 84.3 Å². The zero-order chi connectivity index (χ0) is 31.9. The molecule has 3 aromatic heterocycles. The van der Waals surface area contributed by atoms with Gasteiger partial charge in [-0.2, -0.15) is 13.2 Å². The molecule has 2 unspecified atom stereocenters. The molecule has 9 nitrogen and oxygen atoms in total. The quantitative estimate of drug-likeness (QED) is 0.224. The van der Waals surface area contributed by atoms with Crippen LogP contribution in [0.15, 0.2) is 78.1 Å².